The molecule has 0 aliphatic carbocycles. The van der Waals surface area contributed by atoms with Crippen molar-refractivity contribution in [3.05, 3.63) is 0 Å². The molecule has 0 aromatic carbocycles. The molecule has 0 atom stereocenters. The third-order valence-corrected chi connectivity index (χ3v) is 4.33. The van der Waals surface area contributed by atoms with Gasteiger partial charge in [-0.25, -0.2) is 0 Å². The van der Waals surface area contributed by atoms with E-state index in [-0.39, 0.29) is 37.7 Å². The molecule has 0 aromatic heterocycles. The Kier molecular flexibility index (Phi) is 22.3. The van der Waals surface area contributed by atoms with E-state index >= 15 is 0 Å². The van der Waals surface area contributed by atoms with Gasteiger partial charge in [-0.3, -0.25) is 19.2 Å². The smallest absolute Gasteiger partial charge is 0.306 e. The zero-order chi connectivity index (χ0) is 25.3. The van der Waals surface area contributed by atoms with Crippen LogP contribution in [0.1, 0.15) is 44.9 Å². The Balaban J connectivity index is 3.27. The maximum atomic E-state index is 11.8. The first-order valence-corrected chi connectivity index (χ1v) is 11.6. The number of hydrogen-bond donors (Lipinski definition) is 3. The second-order valence-corrected chi connectivity index (χ2v) is 7.18. The summed E-state index contributed by atoms with van der Waals surface area (Å²) in [5.41, 5.74) is 0. The van der Waals surface area contributed by atoms with Gasteiger partial charge in [-0.15, -0.1) is 0 Å². The van der Waals surface area contributed by atoms with Crippen molar-refractivity contribution in [2.45, 2.75) is 44.9 Å². The number of rotatable bonds is 24. The lowest BCUT2D eigenvalue weighted by Gasteiger charge is -2.08. The highest BCUT2D eigenvalue weighted by Crippen LogP contribution is 1.99. The van der Waals surface area contributed by atoms with Crippen molar-refractivity contribution in [3.8, 4) is 0 Å². The van der Waals surface area contributed by atoms with Crippen LogP contribution in [0.3, 0.4) is 0 Å². The summed E-state index contributed by atoms with van der Waals surface area (Å²) in [6.45, 7) is 3.94. The van der Waals surface area contributed by atoms with Gasteiger partial charge in [-0.05, 0) is 12.8 Å². The highest BCUT2D eigenvalue weighted by molar-refractivity contribution is 5.81. The molecule has 0 spiro atoms. The summed E-state index contributed by atoms with van der Waals surface area (Å²) >= 11 is 0. The fraction of sp³-hybridized carbons (Fsp3) is 0.818. The van der Waals surface area contributed by atoms with Gasteiger partial charge in [0, 0.05) is 25.9 Å². The molecule has 0 aliphatic rings. The summed E-state index contributed by atoms with van der Waals surface area (Å²) in [6, 6.07) is 0. The lowest BCUT2D eigenvalue weighted by atomic mass is 10.2. The third kappa shape index (κ3) is 24.4. The van der Waals surface area contributed by atoms with E-state index in [1.807, 2.05) is 0 Å². The highest BCUT2D eigenvalue weighted by Gasteiger charge is 2.06. The van der Waals surface area contributed by atoms with E-state index in [4.69, 9.17) is 24.1 Å². The molecule has 0 unspecified atom stereocenters. The summed E-state index contributed by atoms with van der Waals surface area (Å²) in [7, 11) is 1.29. The van der Waals surface area contributed by atoms with Crippen molar-refractivity contribution in [3.63, 3.8) is 0 Å². The second kappa shape index (κ2) is 23.9. The maximum Gasteiger partial charge on any atom is 0.306 e. The number of unbranched alkanes of at least 4 members (excludes halogenated alkanes) is 2. The van der Waals surface area contributed by atoms with E-state index < -0.39 is 11.9 Å². The first kappa shape index (κ1) is 31.7. The number of carboxylic acid groups (broad SMARTS) is 1. The predicted molar refractivity (Wildman–Crippen MR) is 121 cm³/mol. The maximum absolute atomic E-state index is 11.8. The minimum Gasteiger partial charge on any atom is -0.481 e. The monoisotopic (exact) mass is 492 g/mol. The number of ether oxygens (including phenoxy) is 5. The Morgan fingerprint density at radius 3 is 1.71 bits per heavy atom. The summed E-state index contributed by atoms with van der Waals surface area (Å²) in [5.74, 6) is -1.51. The Hall–Kier alpha value is -2.28. The molecule has 3 N–H and O–H groups in total. The van der Waals surface area contributed by atoms with Crippen molar-refractivity contribution in [2.24, 2.45) is 0 Å². The SMILES string of the molecule is COC(=O)CCC(=O)NCCCCCC(=O)NCCOCCOCCOCCOCCC(=O)O. The molecule has 0 radical (unpaired) electrons. The van der Waals surface area contributed by atoms with Crippen LogP contribution in [0, 0.1) is 0 Å². The molecular weight excluding hydrogens is 452 g/mol. The van der Waals surface area contributed by atoms with Crippen LogP contribution in [0.4, 0.5) is 0 Å². The average Bonchev–Trinajstić information content (AvgIpc) is 2.81. The molecule has 198 valence electrons. The van der Waals surface area contributed by atoms with Crippen LogP contribution < -0.4 is 10.6 Å². The van der Waals surface area contributed by atoms with Crippen molar-refractivity contribution >= 4 is 23.8 Å². The molecule has 2 amide bonds. The van der Waals surface area contributed by atoms with Crippen molar-refractivity contribution in [1.29, 1.82) is 0 Å². The summed E-state index contributed by atoms with van der Waals surface area (Å²) < 4.78 is 25.6. The summed E-state index contributed by atoms with van der Waals surface area (Å²) in [6.07, 6.45) is 2.92. The van der Waals surface area contributed by atoms with E-state index in [2.05, 4.69) is 15.4 Å². The largest absolute Gasteiger partial charge is 0.481 e. The number of methoxy groups -OCH3 is 1. The van der Waals surface area contributed by atoms with Gasteiger partial charge in [0.05, 0.1) is 72.8 Å². The first-order valence-electron chi connectivity index (χ1n) is 11.6. The fourth-order valence-corrected chi connectivity index (χ4v) is 2.49. The molecule has 12 nitrogen and oxygen atoms in total. The zero-order valence-electron chi connectivity index (χ0n) is 20.1. The molecule has 0 heterocycles. The van der Waals surface area contributed by atoms with E-state index in [0.29, 0.717) is 65.8 Å². The molecule has 0 aliphatic heterocycles. The van der Waals surface area contributed by atoms with Gasteiger partial charge in [0.1, 0.15) is 0 Å². The molecule has 0 fully saturated rings. The third-order valence-electron chi connectivity index (χ3n) is 4.33. The molecule has 0 bridgehead atoms. The minimum atomic E-state index is -0.888. The standard InChI is InChI=1S/C22H40N2O10/c1-30-22(29)7-6-20(26)23-9-4-2-3-5-19(25)24-10-12-32-14-16-34-18-17-33-15-13-31-11-8-21(27)28/h2-18H2,1H3,(H,23,26)(H,24,25)(H,27,28). The Labute approximate surface area is 201 Å². The van der Waals surface area contributed by atoms with Crippen LogP contribution in [0.5, 0.6) is 0 Å². The second-order valence-electron chi connectivity index (χ2n) is 7.18. The van der Waals surface area contributed by atoms with Gasteiger partial charge in [-0.1, -0.05) is 6.42 Å². The number of nitrogens with one attached hydrogen (secondary N) is 2. The highest BCUT2D eigenvalue weighted by atomic mass is 16.6. The number of amides is 2. The quantitative estimate of drug-likeness (QED) is 0.126. The topological polar surface area (TPSA) is 159 Å². The van der Waals surface area contributed by atoms with Crippen LogP contribution in [0.25, 0.3) is 0 Å². The number of carbonyl (C=O) groups excluding carboxylic acids is 3. The minimum absolute atomic E-state index is 0.0164. The lowest BCUT2D eigenvalue weighted by molar-refractivity contribution is -0.142. The molecular formula is C22H40N2O10. The van der Waals surface area contributed by atoms with E-state index in [1.54, 1.807) is 0 Å². The van der Waals surface area contributed by atoms with Gasteiger partial charge in [0.15, 0.2) is 0 Å². The molecule has 0 saturated carbocycles. The predicted octanol–water partition coefficient (Wildman–Crippen LogP) is 0.274. The number of carbonyl (C=O) groups is 4. The Bertz CT molecular complexity index is 560. The van der Waals surface area contributed by atoms with Crippen LogP contribution in [0.15, 0.2) is 0 Å². The number of aliphatic carboxylic acids is 1. The van der Waals surface area contributed by atoms with Crippen LogP contribution in [-0.2, 0) is 42.9 Å². The van der Waals surface area contributed by atoms with Gasteiger partial charge < -0.3 is 39.4 Å². The summed E-state index contributed by atoms with van der Waals surface area (Å²) in [4.78, 5) is 44.5. The fourth-order valence-electron chi connectivity index (χ4n) is 2.49. The van der Waals surface area contributed by atoms with Crippen LogP contribution in [0.2, 0.25) is 0 Å². The lowest BCUT2D eigenvalue weighted by Crippen LogP contribution is -2.27. The average molecular weight is 493 g/mol. The van der Waals surface area contributed by atoms with E-state index in [1.165, 1.54) is 7.11 Å². The van der Waals surface area contributed by atoms with Crippen LogP contribution in [-0.4, -0.2) is 102 Å². The molecule has 12 heteroatoms. The Morgan fingerprint density at radius 1 is 0.588 bits per heavy atom. The first-order chi connectivity index (χ1) is 16.5. The van der Waals surface area contributed by atoms with Crippen LogP contribution >= 0.6 is 0 Å². The molecule has 0 aromatic rings. The van der Waals surface area contributed by atoms with Crippen molar-refractivity contribution < 1.29 is 48.0 Å². The van der Waals surface area contributed by atoms with Gasteiger partial charge >= 0.3 is 11.9 Å². The Morgan fingerprint density at radius 2 is 1.12 bits per heavy atom. The number of hydrogen-bond acceptors (Lipinski definition) is 9. The molecule has 0 rings (SSSR count). The number of carboxylic acids is 1. The normalized spacial score (nSPS) is 10.6. The van der Waals surface area contributed by atoms with E-state index in [9.17, 15) is 19.2 Å². The van der Waals surface area contributed by atoms with Gasteiger partial charge in [-0.2, -0.15) is 0 Å². The van der Waals surface area contributed by atoms with Crippen molar-refractivity contribution in [1.82, 2.24) is 10.6 Å². The molecule has 0 saturated heterocycles. The van der Waals surface area contributed by atoms with E-state index in [0.717, 1.165) is 19.3 Å². The zero-order valence-corrected chi connectivity index (χ0v) is 20.1. The van der Waals surface area contributed by atoms with Gasteiger partial charge in [0.2, 0.25) is 11.8 Å². The van der Waals surface area contributed by atoms with Crippen molar-refractivity contribution in [2.75, 3.05) is 73.1 Å². The molecule has 34 heavy (non-hydrogen) atoms. The summed E-state index contributed by atoms with van der Waals surface area (Å²) in [5, 5.41) is 14.0. The number of esters is 1. The van der Waals surface area contributed by atoms with Gasteiger partial charge in [0.25, 0.3) is 0 Å².